The molecule has 1 heterocycles. The van der Waals surface area contributed by atoms with Gasteiger partial charge in [0.05, 0.1) is 12.6 Å². The van der Waals surface area contributed by atoms with Gasteiger partial charge in [0, 0.05) is 6.20 Å². The van der Waals surface area contributed by atoms with Crippen molar-refractivity contribution in [2.75, 3.05) is 6.61 Å². The van der Waals surface area contributed by atoms with Gasteiger partial charge < -0.3 is 0 Å². The third kappa shape index (κ3) is 2.87. The van der Waals surface area contributed by atoms with Crippen molar-refractivity contribution < 1.29 is 4.84 Å². The van der Waals surface area contributed by atoms with Crippen LogP contribution in [0.3, 0.4) is 0 Å². The molecular weight excluding hydrogens is 126 g/mol. The molecule has 0 bridgehead atoms. The first-order chi connectivity index (χ1) is 4.80. The molecule has 0 atom stereocenters. The number of rotatable bonds is 1. The lowest BCUT2D eigenvalue weighted by atomic mass is 10.4. The standard InChI is InChI=1S/C6H11NO.C2H6/c1-6(2)7-4-3-5-8-7;1-2/h3-4,6H,5H2,1-2H3;1-2H3. The second kappa shape index (κ2) is 5.30. The molecule has 0 unspecified atom stereocenters. The maximum absolute atomic E-state index is 5.14. The van der Waals surface area contributed by atoms with Crippen molar-refractivity contribution in [3.05, 3.63) is 12.3 Å². The summed E-state index contributed by atoms with van der Waals surface area (Å²) in [4.78, 5) is 5.14. The van der Waals surface area contributed by atoms with Crippen LogP contribution in [0.1, 0.15) is 27.7 Å². The fraction of sp³-hybridized carbons (Fsp3) is 0.750. The average molecular weight is 143 g/mol. The van der Waals surface area contributed by atoms with Crippen LogP contribution in [0, 0.1) is 0 Å². The maximum atomic E-state index is 5.14. The Hall–Kier alpha value is -0.500. The second-order valence-electron chi connectivity index (χ2n) is 2.13. The van der Waals surface area contributed by atoms with Gasteiger partial charge in [0.2, 0.25) is 0 Å². The van der Waals surface area contributed by atoms with Crippen LogP contribution in [-0.4, -0.2) is 17.7 Å². The fourth-order valence-corrected chi connectivity index (χ4v) is 0.640. The first-order valence-electron chi connectivity index (χ1n) is 3.88. The van der Waals surface area contributed by atoms with Crippen LogP contribution < -0.4 is 0 Å². The van der Waals surface area contributed by atoms with E-state index in [2.05, 4.69) is 13.8 Å². The van der Waals surface area contributed by atoms with Gasteiger partial charge in [-0.15, -0.1) is 0 Å². The second-order valence-corrected chi connectivity index (χ2v) is 2.13. The van der Waals surface area contributed by atoms with Gasteiger partial charge in [0.15, 0.2) is 0 Å². The number of hydrogen-bond donors (Lipinski definition) is 0. The Labute approximate surface area is 63.4 Å². The van der Waals surface area contributed by atoms with Gasteiger partial charge in [0.1, 0.15) is 0 Å². The van der Waals surface area contributed by atoms with Gasteiger partial charge in [-0.05, 0) is 19.9 Å². The van der Waals surface area contributed by atoms with Crippen LogP contribution >= 0.6 is 0 Å². The molecule has 1 aliphatic rings. The fourth-order valence-electron chi connectivity index (χ4n) is 0.640. The Morgan fingerprint density at radius 3 is 2.20 bits per heavy atom. The summed E-state index contributed by atoms with van der Waals surface area (Å²) in [5.74, 6) is 0. The van der Waals surface area contributed by atoms with E-state index in [0.717, 1.165) is 6.61 Å². The van der Waals surface area contributed by atoms with E-state index in [0.29, 0.717) is 6.04 Å². The van der Waals surface area contributed by atoms with Crippen LogP contribution in [-0.2, 0) is 4.84 Å². The van der Waals surface area contributed by atoms with Crippen molar-refractivity contribution in [3.8, 4) is 0 Å². The molecule has 2 heteroatoms. The zero-order valence-electron chi connectivity index (χ0n) is 7.29. The summed E-state index contributed by atoms with van der Waals surface area (Å²) in [6.45, 7) is 8.92. The van der Waals surface area contributed by atoms with Crippen molar-refractivity contribution in [1.29, 1.82) is 0 Å². The quantitative estimate of drug-likeness (QED) is 0.558. The Morgan fingerprint density at radius 1 is 1.40 bits per heavy atom. The Kier molecular flexibility index (Phi) is 5.03. The van der Waals surface area contributed by atoms with E-state index in [-0.39, 0.29) is 0 Å². The lowest BCUT2D eigenvalue weighted by Crippen LogP contribution is -2.21. The third-order valence-electron chi connectivity index (χ3n) is 1.08. The first-order valence-corrected chi connectivity index (χ1v) is 3.88. The van der Waals surface area contributed by atoms with E-state index in [4.69, 9.17) is 4.84 Å². The van der Waals surface area contributed by atoms with E-state index in [1.165, 1.54) is 0 Å². The molecule has 0 radical (unpaired) electrons. The van der Waals surface area contributed by atoms with Gasteiger partial charge in [0.25, 0.3) is 0 Å². The van der Waals surface area contributed by atoms with Gasteiger partial charge in [-0.25, -0.2) is 0 Å². The molecule has 0 saturated heterocycles. The molecule has 0 spiro atoms. The largest absolute Gasteiger partial charge is 0.270 e. The topological polar surface area (TPSA) is 12.5 Å². The molecule has 0 aromatic heterocycles. The van der Waals surface area contributed by atoms with Crippen molar-refractivity contribution >= 4 is 0 Å². The van der Waals surface area contributed by atoms with Gasteiger partial charge in [-0.2, -0.15) is 0 Å². The van der Waals surface area contributed by atoms with Crippen molar-refractivity contribution in [2.45, 2.75) is 33.7 Å². The zero-order chi connectivity index (χ0) is 7.98. The number of nitrogens with zero attached hydrogens (tertiary/aromatic N) is 1. The molecule has 0 N–H and O–H groups in total. The van der Waals surface area contributed by atoms with Crippen LogP contribution in [0.4, 0.5) is 0 Å². The Morgan fingerprint density at radius 2 is 2.00 bits per heavy atom. The molecule has 10 heavy (non-hydrogen) atoms. The normalized spacial score (nSPS) is 15.5. The smallest absolute Gasteiger partial charge is 0.0947 e. The van der Waals surface area contributed by atoms with E-state index in [1.54, 1.807) is 0 Å². The van der Waals surface area contributed by atoms with Crippen molar-refractivity contribution in [3.63, 3.8) is 0 Å². The SMILES string of the molecule is CC.CC(C)N1C=CCO1. The summed E-state index contributed by atoms with van der Waals surface area (Å²) in [6, 6.07) is 0.466. The molecule has 0 aromatic carbocycles. The van der Waals surface area contributed by atoms with Crippen LogP contribution in [0.5, 0.6) is 0 Å². The van der Waals surface area contributed by atoms with Crippen molar-refractivity contribution in [2.24, 2.45) is 0 Å². The van der Waals surface area contributed by atoms with E-state index in [1.807, 2.05) is 31.2 Å². The third-order valence-corrected chi connectivity index (χ3v) is 1.08. The van der Waals surface area contributed by atoms with Crippen LogP contribution in [0.15, 0.2) is 12.3 Å². The average Bonchev–Trinajstić information content (AvgIpc) is 2.42. The highest BCUT2D eigenvalue weighted by Crippen LogP contribution is 2.05. The van der Waals surface area contributed by atoms with E-state index >= 15 is 0 Å². The lowest BCUT2D eigenvalue weighted by molar-refractivity contribution is -0.112. The Bertz CT molecular complexity index is 99.4. The summed E-state index contributed by atoms with van der Waals surface area (Å²) in [7, 11) is 0. The van der Waals surface area contributed by atoms with Gasteiger partial charge >= 0.3 is 0 Å². The maximum Gasteiger partial charge on any atom is 0.0947 e. The molecular formula is C8H17NO. The molecule has 0 aliphatic carbocycles. The van der Waals surface area contributed by atoms with Gasteiger partial charge in [-0.1, -0.05) is 13.8 Å². The summed E-state index contributed by atoms with van der Waals surface area (Å²) < 4.78 is 0. The molecule has 1 rings (SSSR count). The number of hydrogen-bond acceptors (Lipinski definition) is 2. The molecule has 0 saturated carbocycles. The molecule has 0 amide bonds. The summed E-state index contributed by atoms with van der Waals surface area (Å²) in [5.41, 5.74) is 0. The summed E-state index contributed by atoms with van der Waals surface area (Å²) in [6.07, 6.45) is 3.96. The highest BCUT2D eigenvalue weighted by atomic mass is 16.7. The predicted molar refractivity (Wildman–Crippen MR) is 43.4 cm³/mol. The van der Waals surface area contributed by atoms with Crippen LogP contribution in [0.25, 0.3) is 0 Å². The van der Waals surface area contributed by atoms with E-state index in [9.17, 15) is 0 Å². The highest BCUT2D eigenvalue weighted by Gasteiger charge is 2.06. The number of hydroxylamine groups is 2. The molecule has 1 aliphatic heterocycles. The van der Waals surface area contributed by atoms with Gasteiger partial charge in [-0.3, -0.25) is 9.90 Å². The van der Waals surface area contributed by atoms with E-state index < -0.39 is 0 Å². The summed E-state index contributed by atoms with van der Waals surface area (Å²) in [5, 5.41) is 1.85. The zero-order valence-corrected chi connectivity index (χ0v) is 7.29. The Balaban J connectivity index is 0.000000371. The molecule has 60 valence electrons. The summed E-state index contributed by atoms with van der Waals surface area (Å²) >= 11 is 0. The minimum atomic E-state index is 0.466. The minimum absolute atomic E-state index is 0.466. The van der Waals surface area contributed by atoms with Crippen molar-refractivity contribution in [1.82, 2.24) is 5.06 Å². The monoisotopic (exact) mass is 143 g/mol. The van der Waals surface area contributed by atoms with Crippen LogP contribution in [0.2, 0.25) is 0 Å². The first kappa shape index (κ1) is 9.50. The highest BCUT2D eigenvalue weighted by molar-refractivity contribution is 4.84. The molecule has 2 nitrogen and oxygen atoms in total. The minimum Gasteiger partial charge on any atom is -0.270 e. The lowest BCUT2D eigenvalue weighted by Gasteiger charge is -2.17. The molecule has 0 fully saturated rings. The molecule has 0 aromatic rings. The predicted octanol–water partition coefficient (Wildman–Crippen LogP) is 2.18.